The lowest BCUT2D eigenvalue weighted by Crippen LogP contribution is -2.36. The summed E-state index contributed by atoms with van der Waals surface area (Å²) in [6, 6.07) is 21.1. The molecule has 0 saturated carbocycles. The number of nitrogens with one attached hydrogen (secondary N) is 1. The Kier molecular flexibility index (Phi) is 6.82. The summed E-state index contributed by atoms with van der Waals surface area (Å²) in [5.74, 6) is -0.0596. The van der Waals surface area contributed by atoms with E-state index >= 15 is 0 Å². The number of halogens is 1. The zero-order chi connectivity index (χ0) is 23.4. The number of aryl methyl sites for hydroxylation is 2. The Balaban J connectivity index is 1.57. The Hall–Kier alpha value is -3.15. The summed E-state index contributed by atoms with van der Waals surface area (Å²) in [6.45, 7) is 0.538. The number of para-hydroxylation sites is 1. The van der Waals surface area contributed by atoms with Gasteiger partial charge in [0.1, 0.15) is 0 Å². The molecule has 1 amide bonds. The fourth-order valence-corrected chi connectivity index (χ4v) is 5.26. The Morgan fingerprint density at radius 2 is 1.79 bits per heavy atom. The molecule has 1 heterocycles. The number of nitriles is 1. The van der Waals surface area contributed by atoms with Crippen molar-refractivity contribution in [1.82, 2.24) is 0 Å². The molecular weight excluding hydrogens is 502 g/mol. The van der Waals surface area contributed by atoms with Crippen molar-refractivity contribution in [3.63, 3.8) is 0 Å². The minimum absolute atomic E-state index is 0.0596. The van der Waals surface area contributed by atoms with Crippen molar-refractivity contribution in [2.45, 2.75) is 30.6 Å². The van der Waals surface area contributed by atoms with Crippen LogP contribution >= 0.6 is 15.9 Å². The van der Waals surface area contributed by atoms with E-state index in [1.165, 1.54) is 12.1 Å². The molecule has 0 saturated heterocycles. The maximum Gasteiger partial charge on any atom is 0.261 e. The molecule has 3 aromatic carbocycles. The number of hydrogen-bond donors (Lipinski definition) is 1. The van der Waals surface area contributed by atoms with Gasteiger partial charge in [-0.1, -0.05) is 40.2 Å². The molecular formula is C25H22BrN3O3S. The van der Waals surface area contributed by atoms with Crippen LogP contribution in [0.25, 0.3) is 0 Å². The highest BCUT2D eigenvalue weighted by Crippen LogP contribution is 2.36. The Morgan fingerprint density at radius 3 is 2.48 bits per heavy atom. The van der Waals surface area contributed by atoms with Crippen LogP contribution in [0.2, 0.25) is 0 Å². The van der Waals surface area contributed by atoms with Crippen LogP contribution in [0.15, 0.2) is 76.1 Å². The lowest BCUT2D eigenvalue weighted by molar-refractivity contribution is -0.118. The van der Waals surface area contributed by atoms with E-state index in [0.717, 1.165) is 28.4 Å². The van der Waals surface area contributed by atoms with Gasteiger partial charge in [0, 0.05) is 17.4 Å². The average molecular weight is 524 g/mol. The third-order valence-corrected chi connectivity index (χ3v) is 7.51. The summed E-state index contributed by atoms with van der Waals surface area (Å²) in [7, 11) is -3.81. The molecule has 0 aromatic heterocycles. The fourth-order valence-electron chi connectivity index (χ4n) is 3.93. The maximum atomic E-state index is 13.2. The monoisotopic (exact) mass is 523 g/mol. The van der Waals surface area contributed by atoms with Crippen LogP contribution in [0.3, 0.4) is 0 Å². The molecule has 1 N–H and O–H groups in total. The SMILES string of the molecule is N#Cc1ccc(CCC(=O)N2CCCc3cccc(NS(=O)(=O)c4ccc(Br)cc4)c32)cc1. The predicted molar refractivity (Wildman–Crippen MR) is 132 cm³/mol. The van der Waals surface area contributed by atoms with Gasteiger partial charge in [-0.25, -0.2) is 8.42 Å². The van der Waals surface area contributed by atoms with E-state index in [1.807, 2.05) is 24.3 Å². The van der Waals surface area contributed by atoms with Crippen molar-refractivity contribution in [1.29, 1.82) is 5.26 Å². The second-order valence-corrected chi connectivity index (χ2v) is 10.4. The van der Waals surface area contributed by atoms with E-state index in [0.29, 0.717) is 36.3 Å². The summed E-state index contributed by atoms with van der Waals surface area (Å²) in [5, 5.41) is 8.94. The summed E-state index contributed by atoms with van der Waals surface area (Å²) < 4.78 is 29.4. The molecule has 1 aliphatic rings. The molecule has 0 aliphatic carbocycles. The molecule has 0 radical (unpaired) electrons. The first-order chi connectivity index (χ1) is 15.9. The van der Waals surface area contributed by atoms with Crippen LogP contribution in [0.1, 0.15) is 29.5 Å². The lowest BCUT2D eigenvalue weighted by Gasteiger charge is -2.32. The van der Waals surface area contributed by atoms with Crippen LogP contribution in [-0.2, 0) is 27.7 Å². The molecule has 0 bridgehead atoms. The predicted octanol–water partition coefficient (Wildman–Crippen LogP) is 5.03. The first-order valence-corrected chi connectivity index (χ1v) is 12.8. The van der Waals surface area contributed by atoms with Gasteiger partial charge in [-0.15, -0.1) is 0 Å². The molecule has 0 fully saturated rings. The van der Waals surface area contributed by atoms with Gasteiger partial charge in [0.15, 0.2) is 0 Å². The highest BCUT2D eigenvalue weighted by Gasteiger charge is 2.27. The van der Waals surface area contributed by atoms with Gasteiger partial charge >= 0.3 is 0 Å². The lowest BCUT2D eigenvalue weighted by atomic mass is 9.99. The van der Waals surface area contributed by atoms with Crippen LogP contribution in [-0.4, -0.2) is 20.9 Å². The number of carbonyl (C=O) groups is 1. The standard InChI is InChI=1S/C25H22BrN3O3S/c26-21-11-13-22(14-12-21)33(31,32)28-23-5-1-3-20-4-2-16-29(25(20)23)24(30)15-10-18-6-8-19(17-27)9-7-18/h1,3,5-9,11-14,28H,2,4,10,15-16H2. The molecule has 8 heteroatoms. The second-order valence-electron chi connectivity index (χ2n) is 7.83. The van der Waals surface area contributed by atoms with E-state index in [9.17, 15) is 13.2 Å². The molecule has 0 spiro atoms. The molecule has 4 rings (SSSR count). The van der Waals surface area contributed by atoms with E-state index in [2.05, 4.69) is 26.7 Å². The molecule has 168 valence electrons. The zero-order valence-corrected chi connectivity index (χ0v) is 20.2. The van der Waals surface area contributed by atoms with Gasteiger partial charge in [-0.05, 0) is 72.9 Å². The minimum Gasteiger partial charge on any atom is -0.310 e. The van der Waals surface area contributed by atoms with Crippen LogP contribution in [0.5, 0.6) is 0 Å². The highest BCUT2D eigenvalue weighted by atomic mass is 79.9. The van der Waals surface area contributed by atoms with Crippen molar-refractivity contribution >= 4 is 43.2 Å². The number of amides is 1. The number of fused-ring (bicyclic) bond motifs is 1. The highest BCUT2D eigenvalue weighted by molar-refractivity contribution is 9.10. The van der Waals surface area contributed by atoms with Crippen LogP contribution in [0.4, 0.5) is 11.4 Å². The van der Waals surface area contributed by atoms with E-state index in [-0.39, 0.29) is 10.8 Å². The quantitative estimate of drug-likeness (QED) is 0.490. The van der Waals surface area contributed by atoms with Crippen LogP contribution < -0.4 is 9.62 Å². The number of anilines is 2. The minimum atomic E-state index is -3.81. The van der Waals surface area contributed by atoms with Crippen molar-refractivity contribution in [2.24, 2.45) is 0 Å². The average Bonchev–Trinajstić information content (AvgIpc) is 2.82. The summed E-state index contributed by atoms with van der Waals surface area (Å²) in [4.78, 5) is 15.0. The molecule has 1 aliphatic heterocycles. The number of hydrogen-bond acceptors (Lipinski definition) is 4. The second kappa shape index (κ2) is 9.77. The molecule has 0 atom stereocenters. The molecule has 33 heavy (non-hydrogen) atoms. The third-order valence-electron chi connectivity index (χ3n) is 5.60. The van der Waals surface area contributed by atoms with E-state index < -0.39 is 10.0 Å². The van der Waals surface area contributed by atoms with Gasteiger partial charge in [0.05, 0.1) is 27.9 Å². The van der Waals surface area contributed by atoms with Crippen molar-refractivity contribution in [3.05, 3.63) is 87.9 Å². The third kappa shape index (κ3) is 5.27. The van der Waals surface area contributed by atoms with Crippen molar-refractivity contribution in [3.8, 4) is 6.07 Å². The normalized spacial score (nSPS) is 13.2. The van der Waals surface area contributed by atoms with Gasteiger partial charge in [0.2, 0.25) is 5.91 Å². The first kappa shape index (κ1) is 23.0. The number of rotatable bonds is 6. The van der Waals surface area contributed by atoms with Gasteiger partial charge in [0.25, 0.3) is 10.0 Å². The van der Waals surface area contributed by atoms with Gasteiger partial charge in [-0.2, -0.15) is 5.26 Å². The Morgan fingerprint density at radius 1 is 1.06 bits per heavy atom. The topological polar surface area (TPSA) is 90.3 Å². The number of sulfonamides is 1. The largest absolute Gasteiger partial charge is 0.310 e. The van der Waals surface area contributed by atoms with E-state index in [4.69, 9.17) is 5.26 Å². The first-order valence-electron chi connectivity index (χ1n) is 10.6. The number of benzene rings is 3. The Labute approximate surface area is 202 Å². The van der Waals surface area contributed by atoms with Crippen molar-refractivity contribution < 1.29 is 13.2 Å². The van der Waals surface area contributed by atoms with E-state index in [1.54, 1.807) is 35.2 Å². The zero-order valence-electron chi connectivity index (χ0n) is 17.8. The fraction of sp³-hybridized carbons (Fsp3) is 0.200. The van der Waals surface area contributed by atoms with Crippen molar-refractivity contribution in [2.75, 3.05) is 16.2 Å². The Bertz CT molecular complexity index is 1310. The summed E-state index contributed by atoms with van der Waals surface area (Å²) in [5.41, 5.74) is 3.54. The smallest absolute Gasteiger partial charge is 0.261 e. The maximum absolute atomic E-state index is 13.2. The molecule has 6 nitrogen and oxygen atoms in total. The number of nitrogens with zero attached hydrogens (tertiary/aromatic N) is 2. The molecule has 0 unspecified atom stereocenters. The van der Waals surface area contributed by atoms with Gasteiger partial charge < -0.3 is 4.90 Å². The van der Waals surface area contributed by atoms with Crippen LogP contribution in [0, 0.1) is 11.3 Å². The molecule has 3 aromatic rings. The summed E-state index contributed by atoms with van der Waals surface area (Å²) in [6.07, 6.45) is 2.43. The van der Waals surface area contributed by atoms with Gasteiger partial charge in [-0.3, -0.25) is 9.52 Å². The number of carbonyl (C=O) groups excluding carboxylic acids is 1. The summed E-state index contributed by atoms with van der Waals surface area (Å²) >= 11 is 3.32.